The molecule has 0 atom stereocenters. The number of furan rings is 1. The molecule has 3 heterocycles. The standard InChI is InChI=1S/C17H17N5O/c1-11-12(13-5-3-4-6-15(13)23-11)7-8-18-16-14-9-21-22(2)17(14)20-10-19-16/h3-6,9-10H,7-8H2,1-2H3,(H,18,19,20). The Morgan fingerprint density at radius 2 is 2.04 bits per heavy atom. The number of para-hydroxylation sites is 1. The van der Waals surface area contributed by atoms with Crippen LogP contribution in [0.25, 0.3) is 22.0 Å². The van der Waals surface area contributed by atoms with Crippen molar-refractivity contribution in [1.82, 2.24) is 19.7 Å². The molecule has 0 aliphatic carbocycles. The zero-order valence-electron chi connectivity index (χ0n) is 13.1. The minimum Gasteiger partial charge on any atom is -0.461 e. The SMILES string of the molecule is Cc1oc2ccccc2c1CCNc1ncnc2c1cnn2C. The zero-order chi connectivity index (χ0) is 15.8. The lowest BCUT2D eigenvalue weighted by Crippen LogP contribution is -2.07. The van der Waals surface area contributed by atoms with Crippen LogP contribution in [0.1, 0.15) is 11.3 Å². The largest absolute Gasteiger partial charge is 0.461 e. The minimum absolute atomic E-state index is 0.769. The summed E-state index contributed by atoms with van der Waals surface area (Å²) in [5.74, 6) is 1.79. The first kappa shape index (κ1) is 13.8. The van der Waals surface area contributed by atoms with E-state index in [-0.39, 0.29) is 0 Å². The van der Waals surface area contributed by atoms with Crippen LogP contribution in [0, 0.1) is 6.92 Å². The molecule has 4 aromatic rings. The molecule has 0 saturated carbocycles. The smallest absolute Gasteiger partial charge is 0.163 e. The van der Waals surface area contributed by atoms with E-state index in [1.807, 2.05) is 32.2 Å². The van der Waals surface area contributed by atoms with E-state index >= 15 is 0 Å². The summed E-state index contributed by atoms with van der Waals surface area (Å²) in [4.78, 5) is 8.57. The quantitative estimate of drug-likeness (QED) is 0.627. The first-order valence-electron chi connectivity index (χ1n) is 7.57. The molecule has 0 radical (unpaired) electrons. The van der Waals surface area contributed by atoms with Crippen LogP contribution in [-0.4, -0.2) is 26.3 Å². The Hall–Kier alpha value is -2.89. The number of fused-ring (bicyclic) bond motifs is 2. The maximum Gasteiger partial charge on any atom is 0.163 e. The Kier molecular flexibility index (Phi) is 3.22. The summed E-state index contributed by atoms with van der Waals surface area (Å²) in [7, 11) is 1.88. The topological polar surface area (TPSA) is 68.8 Å². The number of benzene rings is 1. The molecule has 23 heavy (non-hydrogen) atoms. The Morgan fingerprint density at radius 3 is 2.96 bits per heavy atom. The summed E-state index contributed by atoms with van der Waals surface area (Å²) < 4.78 is 7.55. The lowest BCUT2D eigenvalue weighted by Gasteiger charge is -2.06. The van der Waals surface area contributed by atoms with Crippen LogP contribution >= 0.6 is 0 Å². The van der Waals surface area contributed by atoms with Gasteiger partial charge in [0.15, 0.2) is 5.65 Å². The number of nitrogens with zero attached hydrogens (tertiary/aromatic N) is 4. The van der Waals surface area contributed by atoms with Gasteiger partial charge in [0, 0.05) is 24.5 Å². The van der Waals surface area contributed by atoms with Gasteiger partial charge in [-0.15, -0.1) is 0 Å². The van der Waals surface area contributed by atoms with Gasteiger partial charge in [0.25, 0.3) is 0 Å². The van der Waals surface area contributed by atoms with Gasteiger partial charge < -0.3 is 9.73 Å². The molecule has 3 aromatic heterocycles. The number of aryl methyl sites for hydroxylation is 2. The fraction of sp³-hybridized carbons (Fsp3) is 0.235. The molecule has 0 fully saturated rings. The molecule has 0 spiro atoms. The van der Waals surface area contributed by atoms with Gasteiger partial charge in [0.05, 0.1) is 11.6 Å². The highest BCUT2D eigenvalue weighted by Crippen LogP contribution is 2.26. The van der Waals surface area contributed by atoms with Gasteiger partial charge in [-0.1, -0.05) is 18.2 Å². The number of hydrogen-bond donors (Lipinski definition) is 1. The van der Waals surface area contributed by atoms with E-state index in [4.69, 9.17) is 4.42 Å². The first-order valence-corrected chi connectivity index (χ1v) is 7.57. The monoisotopic (exact) mass is 307 g/mol. The van der Waals surface area contributed by atoms with Crippen LogP contribution in [-0.2, 0) is 13.5 Å². The predicted molar refractivity (Wildman–Crippen MR) is 89.4 cm³/mol. The summed E-state index contributed by atoms with van der Waals surface area (Å²) in [5.41, 5.74) is 3.01. The fourth-order valence-corrected chi connectivity index (χ4v) is 2.94. The third-order valence-electron chi connectivity index (χ3n) is 4.10. The van der Waals surface area contributed by atoms with Crippen LogP contribution in [0.2, 0.25) is 0 Å². The van der Waals surface area contributed by atoms with E-state index in [0.29, 0.717) is 0 Å². The van der Waals surface area contributed by atoms with E-state index in [2.05, 4.69) is 26.4 Å². The van der Waals surface area contributed by atoms with Crippen molar-refractivity contribution in [2.45, 2.75) is 13.3 Å². The normalized spacial score (nSPS) is 11.4. The minimum atomic E-state index is 0.769. The second-order valence-electron chi connectivity index (χ2n) is 5.54. The van der Waals surface area contributed by atoms with Gasteiger partial charge in [-0.05, 0) is 19.4 Å². The fourth-order valence-electron chi connectivity index (χ4n) is 2.94. The van der Waals surface area contributed by atoms with E-state index in [9.17, 15) is 0 Å². The summed E-state index contributed by atoms with van der Waals surface area (Å²) in [6, 6.07) is 8.14. The van der Waals surface area contributed by atoms with Crippen molar-refractivity contribution < 1.29 is 4.42 Å². The second kappa shape index (κ2) is 5.39. The maximum atomic E-state index is 5.81. The van der Waals surface area contributed by atoms with E-state index in [0.717, 1.165) is 41.2 Å². The highest BCUT2D eigenvalue weighted by molar-refractivity contribution is 5.86. The molecular weight excluding hydrogens is 290 g/mol. The molecular formula is C17H17N5O. The average molecular weight is 307 g/mol. The molecule has 4 rings (SSSR count). The summed E-state index contributed by atoms with van der Waals surface area (Å²) in [6.07, 6.45) is 4.22. The van der Waals surface area contributed by atoms with Gasteiger partial charge in [0.2, 0.25) is 0 Å². The lowest BCUT2D eigenvalue weighted by atomic mass is 10.1. The molecule has 0 amide bonds. The number of anilines is 1. The molecule has 0 unspecified atom stereocenters. The van der Waals surface area contributed by atoms with E-state index in [1.54, 1.807) is 17.2 Å². The highest BCUT2D eigenvalue weighted by atomic mass is 16.3. The van der Waals surface area contributed by atoms with E-state index < -0.39 is 0 Å². The van der Waals surface area contributed by atoms with Crippen molar-refractivity contribution in [2.75, 3.05) is 11.9 Å². The molecule has 6 nitrogen and oxygen atoms in total. The number of rotatable bonds is 4. The molecule has 0 bridgehead atoms. The third-order valence-corrected chi connectivity index (χ3v) is 4.10. The van der Waals surface area contributed by atoms with Gasteiger partial charge in [0.1, 0.15) is 23.5 Å². The van der Waals surface area contributed by atoms with Crippen molar-refractivity contribution >= 4 is 27.8 Å². The van der Waals surface area contributed by atoms with Crippen molar-refractivity contribution in [2.24, 2.45) is 7.05 Å². The Balaban J connectivity index is 1.56. The Bertz CT molecular complexity index is 985. The number of hydrogen-bond acceptors (Lipinski definition) is 5. The van der Waals surface area contributed by atoms with Gasteiger partial charge in [-0.2, -0.15) is 5.10 Å². The molecule has 116 valence electrons. The lowest BCUT2D eigenvalue weighted by molar-refractivity contribution is 0.572. The zero-order valence-corrected chi connectivity index (χ0v) is 13.1. The third kappa shape index (κ3) is 2.32. The Morgan fingerprint density at radius 1 is 1.17 bits per heavy atom. The summed E-state index contributed by atoms with van der Waals surface area (Å²) in [6.45, 7) is 2.78. The molecule has 1 N–H and O–H groups in total. The van der Waals surface area contributed by atoms with Crippen LogP contribution in [0.4, 0.5) is 5.82 Å². The van der Waals surface area contributed by atoms with Gasteiger partial charge in [-0.25, -0.2) is 9.97 Å². The molecule has 0 aliphatic heterocycles. The molecule has 0 aliphatic rings. The van der Waals surface area contributed by atoms with Gasteiger partial charge in [-0.3, -0.25) is 4.68 Å². The van der Waals surface area contributed by atoms with Gasteiger partial charge >= 0.3 is 0 Å². The highest BCUT2D eigenvalue weighted by Gasteiger charge is 2.11. The van der Waals surface area contributed by atoms with Crippen molar-refractivity contribution in [3.8, 4) is 0 Å². The average Bonchev–Trinajstić information content (AvgIpc) is 3.09. The van der Waals surface area contributed by atoms with Crippen molar-refractivity contribution in [3.05, 3.63) is 48.1 Å². The Labute approximate surface area is 133 Å². The van der Waals surface area contributed by atoms with Crippen molar-refractivity contribution in [1.29, 1.82) is 0 Å². The van der Waals surface area contributed by atoms with Crippen LogP contribution < -0.4 is 5.32 Å². The second-order valence-corrected chi connectivity index (χ2v) is 5.54. The molecule has 0 saturated heterocycles. The predicted octanol–water partition coefficient (Wildman–Crippen LogP) is 3.07. The summed E-state index contributed by atoms with van der Waals surface area (Å²) >= 11 is 0. The molecule has 1 aromatic carbocycles. The van der Waals surface area contributed by atoms with Crippen LogP contribution in [0.3, 0.4) is 0 Å². The van der Waals surface area contributed by atoms with Crippen molar-refractivity contribution in [3.63, 3.8) is 0 Å². The van der Waals surface area contributed by atoms with Crippen LogP contribution in [0.15, 0.2) is 41.2 Å². The van der Waals surface area contributed by atoms with E-state index in [1.165, 1.54) is 10.9 Å². The first-order chi connectivity index (χ1) is 11.2. The number of aromatic nitrogens is 4. The maximum absolute atomic E-state index is 5.81. The summed E-state index contributed by atoms with van der Waals surface area (Å²) in [5, 5.41) is 9.73. The van der Waals surface area contributed by atoms with Crippen LogP contribution in [0.5, 0.6) is 0 Å². The molecule has 6 heteroatoms. The number of nitrogens with one attached hydrogen (secondary N) is 1.